The number of nitrogens with two attached hydrogens (primary N) is 1. The Kier molecular flexibility index (Phi) is 3.92. The predicted octanol–water partition coefficient (Wildman–Crippen LogP) is 2.39. The summed E-state index contributed by atoms with van der Waals surface area (Å²) < 4.78 is 0.862. The third-order valence-electron chi connectivity index (χ3n) is 1.60. The van der Waals surface area contributed by atoms with E-state index in [0.29, 0.717) is 10.7 Å². The molecule has 5 heteroatoms. The number of rotatable bonds is 2. The van der Waals surface area contributed by atoms with Crippen LogP contribution in [-0.4, -0.2) is 11.9 Å². The Bertz CT molecular complexity index is 355. The van der Waals surface area contributed by atoms with E-state index in [2.05, 4.69) is 21.2 Å². The van der Waals surface area contributed by atoms with E-state index >= 15 is 0 Å². The normalized spacial score (nSPS) is 12.3. The highest BCUT2D eigenvalue weighted by Gasteiger charge is 2.09. The number of carbonyl (C=O) groups is 1. The van der Waals surface area contributed by atoms with Gasteiger partial charge in [-0.1, -0.05) is 27.5 Å². The highest BCUT2D eigenvalue weighted by atomic mass is 79.9. The van der Waals surface area contributed by atoms with E-state index in [1.165, 1.54) is 0 Å². The lowest BCUT2D eigenvalue weighted by molar-refractivity contribution is -0.117. The summed E-state index contributed by atoms with van der Waals surface area (Å²) in [6, 6.07) is 4.67. The van der Waals surface area contributed by atoms with Crippen molar-refractivity contribution in [3.05, 3.63) is 27.7 Å². The first-order chi connectivity index (χ1) is 6.50. The topological polar surface area (TPSA) is 55.1 Å². The summed E-state index contributed by atoms with van der Waals surface area (Å²) in [6.45, 7) is 1.61. The second kappa shape index (κ2) is 4.77. The van der Waals surface area contributed by atoms with Crippen LogP contribution in [0.4, 0.5) is 5.69 Å². The monoisotopic (exact) mass is 276 g/mol. The van der Waals surface area contributed by atoms with Crippen molar-refractivity contribution in [2.24, 2.45) is 5.73 Å². The molecule has 0 fully saturated rings. The van der Waals surface area contributed by atoms with Gasteiger partial charge < -0.3 is 11.1 Å². The molecule has 1 unspecified atom stereocenters. The van der Waals surface area contributed by atoms with Gasteiger partial charge in [0, 0.05) is 4.47 Å². The van der Waals surface area contributed by atoms with Crippen molar-refractivity contribution < 1.29 is 4.79 Å². The minimum absolute atomic E-state index is 0.255. The molecule has 0 aliphatic rings. The van der Waals surface area contributed by atoms with Gasteiger partial charge in [-0.2, -0.15) is 0 Å². The van der Waals surface area contributed by atoms with Crippen LogP contribution in [0.1, 0.15) is 6.92 Å². The molecule has 0 saturated heterocycles. The van der Waals surface area contributed by atoms with Gasteiger partial charge in [0.2, 0.25) is 5.91 Å². The maximum absolute atomic E-state index is 11.2. The number of hydrogen-bond acceptors (Lipinski definition) is 2. The third-order valence-corrected chi connectivity index (χ3v) is 2.41. The van der Waals surface area contributed by atoms with Gasteiger partial charge in [-0.25, -0.2) is 0 Å². The molecule has 0 spiro atoms. The number of hydrogen-bond donors (Lipinski definition) is 2. The largest absolute Gasteiger partial charge is 0.323 e. The Morgan fingerprint density at radius 3 is 2.79 bits per heavy atom. The Labute approximate surface area is 95.7 Å². The molecule has 76 valence electrons. The summed E-state index contributed by atoms with van der Waals surface area (Å²) in [6.07, 6.45) is 0. The van der Waals surface area contributed by atoms with Gasteiger partial charge in [0.1, 0.15) is 0 Å². The van der Waals surface area contributed by atoms with E-state index in [-0.39, 0.29) is 5.91 Å². The molecule has 1 rings (SSSR count). The fraction of sp³-hybridized carbons (Fsp3) is 0.222. The summed E-state index contributed by atoms with van der Waals surface area (Å²) in [5.41, 5.74) is 5.97. The Hall–Kier alpha value is -0.580. The summed E-state index contributed by atoms with van der Waals surface area (Å²) >= 11 is 9.16. The van der Waals surface area contributed by atoms with Crippen molar-refractivity contribution in [1.29, 1.82) is 0 Å². The van der Waals surface area contributed by atoms with E-state index in [0.717, 1.165) is 4.47 Å². The van der Waals surface area contributed by atoms with Crippen LogP contribution in [0.5, 0.6) is 0 Å². The summed E-state index contributed by atoms with van der Waals surface area (Å²) in [5.74, 6) is -0.255. The Morgan fingerprint density at radius 1 is 1.64 bits per heavy atom. The molecule has 1 amide bonds. The van der Waals surface area contributed by atoms with Crippen molar-refractivity contribution in [3.63, 3.8) is 0 Å². The number of carbonyl (C=O) groups excluding carboxylic acids is 1. The fourth-order valence-corrected chi connectivity index (χ4v) is 1.56. The SMILES string of the molecule is CC(N)C(=O)Nc1ccc(Br)cc1Cl. The lowest BCUT2D eigenvalue weighted by Crippen LogP contribution is -2.32. The highest BCUT2D eigenvalue weighted by molar-refractivity contribution is 9.10. The molecule has 1 aromatic rings. The molecule has 1 atom stereocenters. The first-order valence-corrected chi connectivity index (χ1v) is 5.19. The van der Waals surface area contributed by atoms with E-state index < -0.39 is 6.04 Å². The van der Waals surface area contributed by atoms with Gasteiger partial charge in [-0.15, -0.1) is 0 Å². The van der Waals surface area contributed by atoms with Crippen LogP contribution in [0.3, 0.4) is 0 Å². The van der Waals surface area contributed by atoms with Crippen molar-refractivity contribution in [1.82, 2.24) is 0 Å². The van der Waals surface area contributed by atoms with Crippen LogP contribution in [0.2, 0.25) is 5.02 Å². The number of anilines is 1. The molecule has 3 N–H and O–H groups in total. The molecule has 0 radical (unpaired) electrons. The quantitative estimate of drug-likeness (QED) is 0.872. The highest BCUT2D eigenvalue weighted by Crippen LogP contribution is 2.25. The number of nitrogens with one attached hydrogen (secondary N) is 1. The molecule has 0 aromatic heterocycles. The maximum atomic E-state index is 11.2. The molecule has 0 aliphatic heterocycles. The van der Waals surface area contributed by atoms with Gasteiger partial charge in [0.15, 0.2) is 0 Å². The molecule has 0 saturated carbocycles. The van der Waals surface area contributed by atoms with Crippen molar-refractivity contribution >= 4 is 39.1 Å². The number of halogens is 2. The lowest BCUT2D eigenvalue weighted by Gasteiger charge is -2.09. The molecule has 14 heavy (non-hydrogen) atoms. The van der Waals surface area contributed by atoms with Gasteiger partial charge in [0.25, 0.3) is 0 Å². The predicted molar refractivity (Wildman–Crippen MR) is 61.4 cm³/mol. The Balaban J connectivity index is 2.82. The van der Waals surface area contributed by atoms with Crippen LogP contribution < -0.4 is 11.1 Å². The standard InChI is InChI=1S/C9H10BrClN2O/c1-5(12)9(14)13-8-3-2-6(10)4-7(8)11/h2-5H,12H2,1H3,(H,13,14). The van der Waals surface area contributed by atoms with E-state index in [1.54, 1.807) is 25.1 Å². The lowest BCUT2D eigenvalue weighted by atomic mass is 10.3. The van der Waals surface area contributed by atoms with Crippen molar-refractivity contribution in [3.8, 4) is 0 Å². The van der Waals surface area contributed by atoms with Crippen LogP contribution in [0.25, 0.3) is 0 Å². The van der Waals surface area contributed by atoms with Crippen molar-refractivity contribution in [2.75, 3.05) is 5.32 Å². The Morgan fingerprint density at radius 2 is 2.29 bits per heavy atom. The smallest absolute Gasteiger partial charge is 0.241 e. The molecule has 3 nitrogen and oxygen atoms in total. The summed E-state index contributed by atoms with van der Waals surface area (Å²) in [7, 11) is 0. The van der Waals surface area contributed by atoms with Gasteiger partial charge in [-0.3, -0.25) is 4.79 Å². The molecule has 0 aliphatic carbocycles. The minimum Gasteiger partial charge on any atom is -0.323 e. The molecule has 0 heterocycles. The molecule has 0 bridgehead atoms. The summed E-state index contributed by atoms with van der Waals surface area (Å²) in [5, 5.41) is 3.10. The average Bonchev–Trinajstić information content (AvgIpc) is 2.09. The van der Waals surface area contributed by atoms with E-state index in [4.69, 9.17) is 17.3 Å². The van der Waals surface area contributed by atoms with E-state index in [9.17, 15) is 4.79 Å². The van der Waals surface area contributed by atoms with Gasteiger partial charge in [-0.05, 0) is 25.1 Å². The molecule has 1 aromatic carbocycles. The molecular formula is C9H10BrClN2O. The first kappa shape index (κ1) is 11.5. The minimum atomic E-state index is -0.547. The van der Waals surface area contributed by atoms with Crippen LogP contribution >= 0.6 is 27.5 Å². The second-order valence-electron chi connectivity index (χ2n) is 2.90. The van der Waals surface area contributed by atoms with Gasteiger partial charge in [0.05, 0.1) is 16.8 Å². The fourth-order valence-electron chi connectivity index (χ4n) is 0.837. The summed E-state index contributed by atoms with van der Waals surface area (Å²) in [4.78, 5) is 11.2. The van der Waals surface area contributed by atoms with Gasteiger partial charge >= 0.3 is 0 Å². The van der Waals surface area contributed by atoms with Crippen molar-refractivity contribution in [2.45, 2.75) is 13.0 Å². The second-order valence-corrected chi connectivity index (χ2v) is 4.22. The maximum Gasteiger partial charge on any atom is 0.241 e. The van der Waals surface area contributed by atoms with Crippen LogP contribution in [0, 0.1) is 0 Å². The zero-order chi connectivity index (χ0) is 10.7. The van der Waals surface area contributed by atoms with Crippen LogP contribution in [0.15, 0.2) is 22.7 Å². The van der Waals surface area contributed by atoms with E-state index in [1.807, 2.05) is 0 Å². The third kappa shape index (κ3) is 2.97. The zero-order valence-corrected chi connectivity index (χ0v) is 9.89. The zero-order valence-electron chi connectivity index (χ0n) is 7.55. The molecular weight excluding hydrogens is 267 g/mol. The number of benzene rings is 1. The average molecular weight is 278 g/mol. The number of amides is 1. The van der Waals surface area contributed by atoms with Crippen LogP contribution in [-0.2, 0) is 4.79 Å². The first-order valence-electron chi connectivity index (χ1n) is 4.02.